The predicted octanol–water partition coefficient (Wildman–Crippen LogP) is 7.39. The second-order valence-corrected chi connectivity index (χ2v) is 16.3. The number of ether oxygens (including phenoxy) is 3. The van der Waals surface area contributed by atoms with E-state index in [0.717, 1.165) is 11.1 Å². The summed E-state index contributed by atoms with van der Waals surface area (Å²) in [6.07, 6.45) is -0.320. The van der Waals surface area contributed by atoms with Crippen molar-refractivity contribution in [3.8, 4) is 0 Å². The predicted molar refractivity (Wildman–Crippen MR) is 152 cm³/mol. The van der Waals surface area contributed by atoms with Crippen LogP contribution in [-0.4, -0.2) is 33.2 Å². The van der Waals surface area contributed by atoms with E-state index in [1.165, 1.54) is 5.56 Å². The standard InChI is InChI=1S/C32H42O4Si/c1-32(2,3)37(4,5)36-30-28(24-33-21-25-15-9-6-10-16-25)29(34-22-26-17-11-7-12-18-26)31(30)35-23-27-19-13-8-14-20-27/h6-20,28-31H,21-24H2,1-5H3/t28-,29-,30+,31+/m0/s1. The van der Waals surface area contributed by atoms with Crippen molar-refractivity contribution in [1.29, 1.82) is 0 Å². The number of hydrogen-bond donors (Lipinski definition) is 0. The molecule has 0 bridgehead atoms. The minimum atomic E-state index is -2.04. The maximum absolute atomic E-state index is 6.99. The normalized spacial score (nSPS) is 22.0. The lowest BCUT2D eigenvalue weighted by molar-refractivity contribution is -0.245. The van der Waals surface area contributed by atoms with Gasteiger partial charge < -0.3 is 18.6 Å². The fourth-order valence-corrected chi connectivity index (χ4v) is 5.75. The van der Waals surface area contributed by atoms with Crippen molar-refractivity contribution in [2.75, 3.05) is 6.61 Å². The largest absolute Gasteiger partial charge is 0.411 e. The van der Waals surface area contributed by atoms with Crippen molar-refractivity contribution < 1.29 is 18.6 Å². The van der Waals surface area contributed by atoms with Gasteiger partial charge in [0.1, 0.15) is 6.10 Å². The average molecular weight is 519 g/mol. The Morgan fingerprint density at radius 1 is 0.595 bits per heavy atom. The molecule has 37 heavy (non-hydrogen) atoms. The van der Waals surface area contributed by atoms with Crippen LogP contribution in [0.15, 0.2) is 91.0 Å². The molecule has 1 fully saturated rings. The van der Waals surface area contributed by atoms with Crippen LogP contribution in [0.3, 0.4) is 0 Å². The quantitative estimate of drug-likeness (QED) is 0.234. The molecule has 4 rings (SSSR count). The van der Waals surface area contributed by atoms with Crippen LogP contribution in [-0.2, 0) is 38.5 Å². The summed E-state index contributed by atoms with van der Waals surface area (Å²) in [5, 5.41) is 0.0996. The second kappa shape index (κ2) is 12.5. The summed E-state index contributed by atoms with van der Waals surface area (Å²) in [6.45, 7) is 13.7. The summed E-state index contributed by atoms with van der Waals surface area (Å²) in [4.78, 5) is 0. The Kier molecular flexibility index (Phi) is 9.38. The van der Waals surface area contributed by atoms with Crippen molar-refractivity contribution in [3.05, 3.63) is 108 Å². The van der Waals surface area contributed by atoms with Gasteiger partial charge in [-0.1, -0.05) is 112 Å². The van der Waals surface area contributed by atoms with Crippen LogP contribution in [0.4, 0.5) is 0 Å². The highest BCUT2D eigenvalue weighted by Crippen LogP contribution is 2.44. The van der Waals surface area contributed by atoms with E-state index in [2.05, 4.69) is 70.3 Å². The monoisotopic (exact) mass is 518 g/mol. The molecule has 0 radical (unpaired) electrons. The Morgan fingerprint density at radius 3 is 1.49 bits per heavy atom. The Bertz CT molecular complexity index is 1070. The van der Waals surface area contributed by atoms with Gasteiger partial charge in [0.05, 0.1) is 38.6 Å². The molecule has 1 aliphatic carbocycles. The molecule has 0 heterocycles. The van der Waals surface area contributed by atoms with Gasteiger partial charge >= 0.3 is 0 Å². The molecule has 0 aromatic heterocycles. The van der Waals surface area contributed by atoms with E-state index in [4.69, 9.17) is 18.6 Å². The fourth-order valence-electron chi connectivity index (χ4n) is 4.41. The highest BCUT2D eigenvalue weighted by molar-refractivity contribution is 6.74. The smallest absolute Gasteiger partial charge is 0.192 e. The first-order valence-electron chi connectivity index (χ1n) is 13.4. The Balaban J connectivity index is 1.52. The first-order chi connectivity index (χ1) is 17.7. The highest BCUT2D eigenvalue weighted by atomic mass is 28.4. The molecule has 4 atom stereocenters. The molecule has 1 saturated carbocycles. The third-order valence-electron chi connectivity index (χ3n) is 7.72. The van der Waals surface area contributed by atoms with E-state index in [0.29, 0.717) is 26.4 Å². The number of benzene rings is 3. The van der Waals surface area contributed by atoms with E-state index < -0.39 is 8.32 Å². The minimum Gasteiger partial charge on any atom is -0.411 e. The molecule has 4 nitrogen and oxygen atoms in total. The van der Waals surface area contributed by atoms with Gasteiger partial charge in [0.15, 0.2) is 8.32 Å². The molecular weight excluding hydrogens is 476 g/mol. The summed E-state index contributed by atoms with van der Waals surface area (Å²) in [7, 11) is -2.04. The first-order valence-corrected chi connectivity index (χ1v) is 16.3. The number of rotatable bonds is 12. The van der Waals surface area contributed by atoms with E-state index in [1.54, 1.807) is 0 Å². The molecule has 1 aliphatic rings. The lowest BCUT2D eigenvalue weighted by atomic mass is 9.75. The van der Waals surface area contributed by atoms with Crippen molar-refractivity contribution >= 4 is 8.32 Å². The SMILES string of the molecule is CC(C)(C)[Si](C)(C)O[C@@H]1[C@@H](COCc2ccccc2)[C@H](OCc2ccccc2)[C@H]1OCc1ccccc1. The summed E-state index contributed by atoms with van der Waals surface area (Å²) in [5.74, 6) is 0.0994. The third kappa shape index (κ3) is 7.40. The van der Waals surface area contributed by atoms with E-state index >= 15 is 0 Å². The molecule has 198 valence electrons. The van der Waals surface area contributed by atoms with Gasteiger partial charge in [-0.15, -0.1) is 0 Å². The van der Waals surface area contributed by atoms with Gasteiger partial charge in [-0.3, -0.25) is 0 Å². The van der Waals surface area contributed by atoms with Gasteiger partial charge in [-0.25, -0.2) is 0 Å². The molecule has 3 aromatic rings. The van der Waals surface area contributed by atoms with Crippen LogP contribution in [0, 0.1) is 5.92 Å². The molecule has 5 heteroatoms. The van der Waals surface area contributed by atoms with Crippen molar-refractivity contribution in [2.45, 2.75) is 77.0 Å². The maximum atomic E-state index is 6.99. The molecular formula is C32H42O4Si. The van der Waals surface area contributed by atoms with Gasteiger partial charge in [-0.2, -0.15) is 0 Å². The summed E-state index contributed by atoms with van der Waals surface area (Å²) >= 11 is 0. The van der Waals surface area contributed by atoms with E-state index in [-0.39, 0.29) is 29.3 Å². The van der Waals surface area contributed by atoms with Gasteiger partial charge in [0.2, 0.25) is 0 Å². The van der Waals surface area contributed by atoms with Crippen LogP contribution in [0.1, 0.15) is 37.5 Å². The Hall–Kier alpha value is -2.28. The zero-order valence-electron chi connectivity index (χ0n) is 22.9. The van der Waals surface area contributed by atoms with Crippen molar-refractivity contribution in [3.63, 3.8) is 0 Å². The third-order valence-corrected chi connectivity index (χ3v) is 12.2. The first kappa shape index (κ1) is 27.7. The molecule has 0 spiro atoms. The lowest BCUT2D eigenvalue weighted by Crippen LogP contribution is -2.67. The fraction of sp³-hybridized carbons (Fsp3) is 0.438. The van der Waals surface area contributed by atoms with Gasteiger partial charge in [0, 0.05) is 5.92 Å². The van der Waals surface area contributed by atoms with E-state index in [1.807, 2.05) is 54.6 Å². The lowest BCUT2D eigenvalue weighted by Gasteiger charge is -2.54. The van der Waals surface area contributed by atoms with Crippen LogP contribution in [0.25, 0.3) is 0 Å². The molecule has 0 aliphatic heterocycles. The van der Waals surface area contributed by atoms with Gasteiger partial charge in [0.25, 0.3) is 0 Å². The molecule has 3 aromatic carbocycles. The zero-order chi connectivity index (χ0) is 26.3. The minimum absolute atomic E-state index is 0.0684. The van der Waals surface area contributed by atoms with Crippen LogP contribution >= 0.6 is 0 Å². The maximum Gasteiger partial charge on any atom is 0.192 e. The number of hydrogen-bond acceptors (Lipinski definition) is 4. The zero-order valence-corrected chi connectivity index (χ0v) is 23.9. The summed E-state index contributed by atoms with van der Waals surface area (Å²) in [6, 6.07) is 31.0. The summed E-state index contributed by atoms with van der Waals surface area (Å²) in [5.41, 5.74) is 3.48. The second-order valence-electron chi connectivity index (χ2n) is 11.5. The van der Waals surface area contributed by atoms with Crippen LogP contribution < -0.4 is 0 Å². The topological polar surface area (TPSA) is 36.9 Å². The highest BCUT2D eigenvalue weighted by Gasteiger charge is 2.56. The molecule has 0 amide bonds. The van der Waals surface area contributed by atoms with Crippen LogP contribution in [0.5, 0.6) is 0 Å². The van der Waals surface area contributed by atoms with Crippen molar-refractivity contribution in [2.24, 2.45) is 5.92 Å². The van der Waals surface area contributed by atoms with Gasteiger partial charge in [-0.05, 0) is 34.8 Å². The van der Waals surface area contributed by atoms with E-state index in [9.17, 15) is 0 Å². The average Bonchev–Trinajstić information content (AvgIpc) is 2.89. The van der Waals surface area contributed by atoms with Crippen LogP contribution in [0.2, 0.25) is 18.1 Å². The Labute approximate surface area is 224 Å². The summed E-state index contributed by atoms with van der Waals surface area (Å²) < 4.78 is 26.3. The van der Waals surface area contributed by atoms with Crippen molar-refractivity contribution in [1.82, 2.24) is 0 Å². The molecule has 0 saturated heterocycles. The molecule has 0 N–H and O–H groups in total. The Morgan fingerprint density at radius 2 is 1.03 bits per heavy atom. The molecule has 0 unspecified atom stereocenters.